The minimum atomic E-state index is 1.15. The molecule has 0 unspecified atom stereocenters. The van der Waals surface area contributed by atoms with Gasteiger partial charge in [0.15, 0.2) is 0 Å². The van der Waals surface area contributed by atoms with E-state index in [1.807, 2.05) is 11.3 Å². The number of thiophene rings is 1. The number of aromatic amines is 1. The number of nitrogens with zero attached hydrogens (tertiary/aromatic N) is 1. The summed E-state index contributed by atoms with van der Waals surface area (Å²) in [6.45, 7) is 0. The molecule has 0 aliphatic rings. The minimum Gasteiger partial charge on any atom is -0.354 e. The van der Waals surface area contributed by atoms with Crippen LogP contribution in [0.2, 0.25) is 0 Å². The highest BCUT2D eigenvalue weighted by Gasteiger charge is 2.15. The normalized spacial score (nSPS) is 12.0. The van der Waals surface area contributed by atoms with Crippen molar-refractivity contribution in [1.29, 1.82) is 0 Å². The van der Waals surface area contributed by atoms with Crippen molar-refractivity contribution in [3.8, 4) is 27.9 Å². The first kappa shape index (κ1) is 24.8. The summed E-state index contributed by atoms with van der Waals surface area (Å²) in [5, 5.41) is 7.70. The molecule has 10 rings (SSSR count). The van der Waals surface area contributed by atoms with Gasteiger partial charge in [-0.1, -0.05) is 103 Å². The Morgan fingerprint density at radius 2 is 1.09 bits per heavy atom. The number of para-hydroxylation sites is 3. The van der Waals surface area contributed by atoms with E-state index >= 15 is 0 Å². The number of hydrogen-bond donors (Lipinski definition) is 1. The fraction of sp³-hybridized carbons (Fsp3) is 0. The van der Waals surface area contributed by atoms with Crippen LogP contribution >= 0.6 is 11.3 Å². The van der Waals surface area contributed by atoms with E-state index in [4.69, 9.17) is 0 Å². The van der Waals surface area contributed by atoms with Gasteiger partial charge in [-0.25, -0.2) is 0 Å². The van der Waals surface area contributed by atoms with Gasteiger partial charge >= 0.3 is 0 Å². The van der Waals surface area contributed by atoms with Crippen molar-refractivity contribution >= 4 is 75.1 Å². The molecule has 2 nitrogen and oxygen atoms in total. The van der Waals surface area contributed by atoms with Crippen LogP contribution in [0, 0.1) is 0 Å². The van der Waals surface area contributed by atoms with Crippen molar-refractivity contribution in [1.82, 2.24) is 9.55 Å². The van der Waals surface area contributed by atoms with Crippen LogP contribution in [0.5, 0.6) is 0 Å². The van der Waals surface area contributed by atoms with Gasteiger partial charge in [0, 0.05) is 58.5 Å². The average Bonchev–Trinajstić information content (AvgIpc) is 3.77. The number of rotatable bonds is 3. The Bertz CT molecular complexity index is 2720. The Kier molecular flexibility index (Phi) is 5.19. The molecule has 0 radical (unpaired) electrons. The molecule has 45 heavy (non-hydrogen) atoms. The molecule has 0 amide bonds. The van der Waals surface area contributed by atoms with Crippen LogP contribution in [0.25, 0.3) is 91.7 Å². The first-order valence-electron chi connectivity index (χ1n) is 15.4. The fourth-order valence-electron chi connectivity index (χ4n) is 7.26. The average molecular weight is 591 g/mol. The lowest BCUT2D eigenvalue weighted by Gasteiger charge is -2.08. The Hall–Kier alpha value is -5.64. The number of aromatic nitrogens is 2. The maximum Gasteiger partial charge on any atom is 0.0544 e. The van der Waals surface area contributed by atoms with Crippen LogP contribution in [-0.4, -0.2) is 9.55 Å². The molecule has 0 atom stereocenters. The third kappa shape index (κ3) is 3.68. The van der Waals surface area contributed by atoms with Gasteiger partial charge in [0.05, 0.1) is 16.6 Å². The second-order valence-corrected chi connectivity index (χ2v) is 12.9. The molecule has 10 aromatic rings. The van der Waals surface area contributed by atoms with Crippen molar-refractivity contribution in [3.05, 3.63) is 152 Å². The number of nitrogens with one attached hydrogen (secondary N) is 1. The smallest absolute Gasteiger partial charge is 0.0544 e. The highest BCUT2D eigenvalue weighted by atomic mass is 32.1. The lowest BCUT2D eigenvalue weighted by molar-refractivity contribution is 1.19. The van der Waals surface area contributed by atoms with E-state index in [0.29, 0.717) is 0 Å². The fourth-order valence-corrected chi connectivity index (χ4v) is 8.41. The molecule has 0 bridgehead atoms. The van der Waals surface area contributed by atoms with Crippen LogP contribution in [0.3, 0.4) is 0 Å². The number of fused-ring (bicyclic) bond motifs is 9. The molecule has 0 aliphatic heterocycles. The molecule has 3 aromatic heterocycles. The van der Waals surface area contributed by atoms with Crippen LogP contribution in [-0.2, 0) is 0 Å². The monoisotopic (exact) mass is 590 g/mol. The van der Waals surface area contributed by atoms with E-state index in [2.05, 4.69) is 161 Å². The van der Waals surface area contributed by atoms with E-state index < -0.39 is 0 Å². The minimum absolute atomic E-state index is 1.15. The van der Waals surface area contributed by atoms with Crippen LogP contribution in [0.15, 0.2) is 152 Å². The SMILES string of the molecule is c1cc(-c2ccc3c(c2)sc2ccccc23)cc(-c2cccc3c2[nH]c2ccc(-n4c5ccccc5c5ccccc54)cc23)c1. The molecule has 3 heterocycles. The molecule has 3 heteroatoms. The summed E-state index contributed by atoms with van der Waals surface area (Å²) in [4.78, 5) is 3.78. The zero-order valence-electron chi connectivity index (χ0n) is 24.3. The van der Waals surface area contributed by atoms with Crippen LogP contribution in [0.1, 0.15) is 0 Å². The van der Waals surface area contributed by atoms with Gasteiger partial charge in [-0.15, -0.1) is 11.3 Å². The van der Waals surface area contributed by atoms with Crippen molar-refractivity contribution in [3.63, 3.8) is 0 Å². The quantitative estimate of drug-likeness (QED) is 0.211. The predicted octanol–water partition coefficient (Wildman–Crippen LogP) is 12.1. The topological polar surface area (TPSA) is 20.7 Å². The predicted molar refractivity (Wildman–Crippen MR) is 194 cm³/mol. The zero-order valence-corrected chi connectivity index (χ0v) is 25.1. The number of H-pyrrole nitrogens is 1. The van der Waals surface area contributed by atoms with Gasteiger partial charge in [0.25, 0.3) is 0 Å². The summed E-state index contributed by atoms with van der Waals surface area (Å²) in [6.07, 6.45) is 0. The largest absolute Gasteiger partial charge is 0.354 e. The summed E-state index contributed by atoms with van der Waals surface area (Å²) in [6, 6.07) is 55.4. The molecule has 0 aliphatic carbocycles. The van der Waals surface area contributed by atoms with Crippen molar-refractivity contribution < 1.29 is 0 Å². The summed E-state index contributed by atoms with van der Waals surface area (Å²) >= 11 is 1.87. The lowest BCUT2D eigenvalue weighted by Crippen LogP contribution is -1.93. The molecule has 0 fully saturated rings. The molecule has 0 saturated carbocycles. The van der Waals surface area contributed by atoms with Crippen LogP contribution < -0.4 is 0 Å². The first-order chi connectivity index (χ1) is 22.3. The lowest BCUT2D eigenvalue weighted by atomic mass is 9.97. The third-order valence-corrected chi connectivity index (χ3v) is 10.5. The molecular formula is C42H26N2S. The van der Waals surface area contributed by atoms with E-state index in [1.165, 1.54) is 86.2 Å². The Morgan fingerprint density at radius 3 is 1.93 bits per heavy atom. The molecule has 1 N–H and O–H groups in total. The second-order valence-electron chi connectivity index (χ2n) is 11.8. The molecular weight excluding hydrogens is 565 g/mol. The molecule has 0 saturated heterocycles. The summed E-state index contributed by atoms with van der Waals surface area (Å²) < 4.78 is 5.06. The summed E-state index contributed by atoms with van der Waals surface area (Å²) in [5.41, 5.74) is 10.8. The van der Waals surface area contributed by atoms with Crippen molar-refractivity contribution in [2.24, 2.45) is 0 Å². The van der Waals surface area contributed by atoms with E-state index in [-0.39, 0.29) is 0 Å². The summed E-state index contributed by atoms with van der Waals surface area (Å²) in [7, 11) is 0. The standard InChI is InChI=1S/C42H26N2S/c1-4-16-38-31(11-1)32-12-2-5-17-39(32)44(38)29-20-22-37-36(25-29)35-15-8-14-30(42(35)43-37)28-10-7-9-26(23-28)27-19-21-34-33-13-3-6-18-40(33)45-41(34)24-27/h1-25,43H. The summed E-state index contributed by atoms with van der Waals surface area (Å²) in [5.74, 6) is 0. The highest BCUT2D eigenvalue weighted by Crippen LogP contribution is 2.39. The Balaban J connectivity index is 1.11. The highest BCUT2D eigenvalue weighted by molar-refractivity contribution is 7.25. The maximum absolute atomic E-state index is 3.78. The third-order valence-electron chi connectivity index (χ3n) is 9.34. The zero-order chi connectivity index (χ0) is 29.5. The molecule has 7 aromatic carbocycles. The maximum atomic E-state index is 3.78. The Morgan fingerprint density at radius 1 is 0.422 bits per heavy atom. The van der Waals surface area contributed by atoms with Crippen molar-refractivity contribution in [2.75, 3.05) is 0 Å². The van der Waals surface area contributed by atoms with Gasteiger partial charge in [0.2, 0.25) is 0 Å². The Labute approximate surface area is 263 Å². The van der Waals surface area contributed by atoms with E-state index in [0.717, 1.165) is 5.52 Å². The number of hydrogen-bond acceptors (Lipinski definition) is 1. The van der Waals surface area contributed by atoms with E-state index in [9.17, 15) is 0 Å². The molecule has 0 spiro atoms. The van der Waals surface area contributed by atoms with E-state index in [1.54, 1.807) is 0 Å². The number of benzene rings is 7. The first-order valence-corrected chi connectivity index (χ1v) is 16.2. The van der Waals surface area contributed by atoms with Gasteiger partial charge in [0.1, 0.15) is 0 Å². The van der Waals surface area contributed by atoms with Crippen molar-refractivity contribution in [2.45, 2.75) is 0 Å². The van der Waals surface area contributed by atoms with Crippen LogP contribution in [0.4, 0.5) is 0 Å². The van der Waals surface area contributed by atoms with Gasteiger partial charge in [-0.05, 0) is 65.2 Å². The second kappa shape index (κ2) is 9.43. The molecule has 210 valence electrons. The van der Waals surface area contributed by atoms with Gasteiger partial charge in [-0.3, -0.25) is 0 Å². The van der Waals surface area contributed by atoms with Gasteiger partial charge < -0.3 is 9.55 Å². The van der Waals surface area contributed by atoms with Gasteiger partial charge in [-0.2, -0.15) is 0 Å².